The summed E-state index contributed by atoms with van der Waals surface area (Å²) in [5.41, 5.74) is 2.97. The van der Waals surface area contributed by atoms with Gasteiger partial charge in [-0.2, -0.15) is 0 Å². The Balaban J connectivity index is 2.17. The molecule has 20 heavy (non-hydrogen) atoms. The first-order chi connectivity index (χ1) is 9.47. The number of hydrogen-bond acceptors (Lipinski definition) is 0. The lowest BCUT2D eigenvalue weighted by Crippen LogP contribution is -2.01. The van der Waals surface area contributed by atoms with E-state index in [0.29, 0.717) is 0 Å². The van der Waals surface area contributed by atoms with Gasteiger partial charge in [-0.15, -0.1) is 0 Å². The molecule has 0 fully saturated rings. The van der Waals surface area contributed by atoms with Gasteiger partial charge in [0, 0.05) is 0 Å². The molecule has 0 saturated carbocycles. The molecule has 0 nitrogen and oxygen atoms in total. The maximum Gasteiger partial charge on any atom is 0.126 e. The van der Waals surface area contributed by atoms with Gasteiger partial charge in [0.05, 0.1) is 0 Å². The van der Waals surface area contributed by atoms with E-state index in [1.165, 1.54) is 12.1 Å². The molecular formula is C18H20F2. The molecule has 0 spiro atoms. The lowest BCUT2D eigenvalue weighted by molar-refractivity contribution is 0.596. The Morgan fingerprint density at radius 3 is 2.15 bits per heavy atom. The van der Waals surface area contributed by atoms with Gasteiger partial charge in [-0.3, -0.25) is 0 Å². The van der Waals surface area contributed by atoms with Crippen molar-refractivity contribution in [1.82, 2.24) is 0 Å². The van der Waals surface area contributed by atoms with E-state index in [1.54, 1.807) is 6.07 Å². The minimum absolute atomic E-state index is 0.141. The molecule has 1 atom stereocenters. The maximum absolute atomic E-state index is 13.7. The summed E-state index contributed by atoms with van der Waals surface area (Å²) in [5.74, 6) is 0.0974. The van der Waals surface area contributed by atoms with E-state index in [2.05, 4.69) is 6.92 Å². The van der Waals surface area contributed by atoms with E-state index in [4.69, 9.17) is 0 Å². The van der Waals surface area contributed by atoms with Gasteiger partial charge in [0.2, 0.25) is 0 Å². The van der Waals surface area contributed by atoms with Crippen LogP contribution < -0.4 is 0 Å². The summed E-state index contributed by atoms with van der Waals surface area (Å²) in [4.78, 5) is 0. The summed E-state index contributed by atoms with van der Waals surface area (Å²) in [6, 6.07) is 11.9. The van der Waals surface area contributed by atoms with Crippen LogP contribution in [0.2, 0.25) is 0 Å². The Kier molecular flexibility index (Phi) is 4.53. The van der Waals surface area contributed by atoms with Gasteiger partial charge >= 0.3 is 0 Å². The molecule has 0 unspecified atom stereocenters. The van der Waals surface area contributed by atoms with E-state index in [9.17, 15) is 8.78 Å². The van der Waals surface area contributed by atoms with Gasteiger partial charge in [0.15, 0.2) is 0 Å². The third-order valence-electron chi connectivity index (χ3n) is 3.66. The Labute approximate surface area is 119 Å². The van der Waals surface area contributed by atoms with Crippen molar-refractivity contribution in [2.75, 3.05) is 0 Å². The van der Waals surface area contributed by atoms with Crippen LogP contribution in [0.5, 0.6) is 0 Å². The predicted molar refractivity (Wildman–Crippen MR) is 79.0 cm³/mol. The fourth-order valence-corrected chi connectivity index (χ4v) is 2.43. The quantitative estimate of drug-likeness (QED) is 0.697. The van der Waals surface area contributed by atoms with Crippen LogP contribution in [0.4, 0.5) is 8.78 Å². The predicted octanol–water partition coefficient (Wildman–Crippen LogP) is 5.43. The van der Waals surface area contributed by atoms with Gasteiger partial charge in [-0.05, 0) is 53.1 Å². The highest BCUT2D eigenvalue weighted by Crippen LogP contribution is 2.24. The summed E-state index contributed by atoms with van der Waals surface area (Å²) in [6.45, 7) is 6.09. The molecule has 0 aliphatic carbocycles. The second-order valence-corrected chi connectivity index (χ2v) is 5.67. The third kappa shape index (κ3) is 3.44. The molecule has 0 aromatic heterocycles. The number of rotatable bonds is 4. The van der Waals surface area contributed by atoms with E-state index >= 15 is 0 Å². The van der Waals surface area contributed by atoms with Crippen molar-refractivity contribution in [3.8, 4) is 0 Å². The first kappa shape index (κ1) is 14.7. The lowest BCUT2D eigenvalue weighted by Gasteiger charge is -2.14. The first-order valence-electron chi connectivity index (χ1n) is 7.01. The average Bonchev–Trinajstić information content (AvgIpc) is 2.41. The van der Waals surface area contributed by atoms with Gasteiger partial charge in [-0.25, -0.2) is 8.78 Å². The smallest absolute Gasteiger partial charge is 0.126 e. The van der Waals surface area contributed by atoms with E-state index in [-0.39, 0.29) is 23.5 Å². The van der Waals surface area contributed by atoms with Crippen LogP contribution in [-0.2, 0) is 6.42 Å². The van der Waals surface area contributed by atoms with Gasteiger partial charge in [-0.1, -0.05) is 45.0 Å². The van der Waals surface area contributed by atoms with Crippen LogP contribution in [0.15, 0.2) is 42.5 Å². The van der Waals surface area contributed by atoms with E-state index < -0.39 is 0 Å². The highest BCUT2D eigenvalue weighted by molar-refractivity contribution is 5.30. The topological polar surface area (TPSA) is 0 Å². The molecule has 0 bridgehead atoms. The summed E-state index contributed by atoms with van der Waals surface area (Å²) < 4.78 is 26.6. The molecule has 2 heteroatoms. The maximum atomic E-state index is 13.7. The first-order valence-corrected chi connectivity index (χ1v) is 7.01. The van der Waals surface area contributed by atoms with Crippen molar-refractivity contribution >= 4 is 0 Å². The molecule has 0 saturated heterocycles. The van der Waals surface area contributed by atoms with Crippen LogP contribution in [0.25, 0.3) is 0 Å². The molecule has 0 N–H and O–H groups in total. The second-order valence-electron chi connectivity index (χ2n) is 5.67. The van der Waals surface area contributed by atoms with Crippen LogP contribution >= 0.6 is 0 Å². The molecule has 2 rings (SSSR count). The zero-order chi connectivity index (χ0) is 14.7. The van der Waals surface area contributed by atoms with Gasteiger partial charge in [0.25, 0.3) is 0 Å². The zero-order valence-electron chi connectivity index (χ0n) is 12.2. The van der Waals surface area contributed by atoms with Gasteiger partial charge in [0.1, 0.15) is 11.6 Å². The highest BCUT2D eigenvalue weighted by atomic mass is 19.1. The Bertz CT molecular complexity index is 570. The molecule has 0 aliphatic heterocycles. The standard InChI is InChI=1S/C18H20F2/c1-12(2)17-11-14(4-9-18(17)20)10-13(3)15-5-7-16(19)8-6-15/h4-9,11-13H,10H2,1-3H3/t13-/m0/s1. The highest BCUT2D eigenvalue weighted by Gasteiger charge is 2.11. The van der Waals surface area contributed by atoms with Crippen molar-refractivity contribution in [2.24, 2.45) is 0 Å². The van der Waals surface area contributed by atoms with Crippen LogP contribution in [-0.4, -0.2) is 0 Å². The molecule has 2 aromatic carbocycles. The molecule has 0 amide bonds. The summed E-state index contributed by atoms with van der Waals surface area (Å²) >= 11 is 0. The summed E-state index contributed by atoms with van der Waals surface area (Å²) in [7, 11) is 0. The van der Waals surface area contributed by atoms with Crippen molar-refractivity contribution < 1.29 is 8.78 Å². The fourth-order valence-electron chi connectivity index (χ4n) is 2.43. The molecular weight excluding hydrogens is 254 g/mol. The zero-order valence-corrected chi connectivity index (χ0v) is 12.2. The number of benzene rings is 2. The fraction of sp³-hybridized carbons (Fsp3) is 0.333. The van der Waals surface area contributed by atoms with Crippen LogP contribution in [0, 0.1) is 11.6 Å². The van der Waals surface area contributed by atoms with Crippen LogP contribution in [0.3, 0.4) is 0 Å². The van der Waals surface area contributed by atoms with Crippen molar-refractivity contribution in [2.45, 2.75) is 39.0 Å². The molecule has 106 valence electrons. The molecule has 2 aromatic rings. The SMILES string of the molecule is CC(C)c1cc(C[C@H](C)c2ccc(F)cc2)ccc1F. The summed E-state index contributed by atoms with van der Waals surface area (Å²) in [5, 5.41) is 0. The lowest BCUT2D eigenvalue weighted by atomic mass is 9.91. The van der Waals surface area contributed by atoms with Crippen molar-refractivity contribution in [1.29, 1.82) is 0 Å². The Morgan fingerprint density at radius 2 is 1.55 bits per heavy atom. The van der Waals surface area contributed by atoms with E-state index in [1.807, 2.05) is 38.1 Å². The Hall–Kier alpha value is -1.70. The third-order valence-corrected chi connectivity index (χ3v) is 3.66. The normalized spacial score (nSPS) is 12.7. The number of hydrogen-bond donors (Lipinski definition) is 0. The molecule has 0 aliphatic rings. The van der Waals surface area contributed by atoms with E-state index in [0.717, 1.165) is 23.1 Å². The average molecular weight is 274 g/mol. The largest absolute Gasteiger partial charge is 0.207 e. The summed E-state index contributed by atoms with van der Waals surface area (Å²) in [6.07, 6.45) is 0.825. The van der Waals surface area contributed by atoms with Crippen molar-refractivity contribution in [3.63, 3.8) is 0 Å². The number of halogens is 2. The molecule has 0 heterocycles. The minimum atomic E-state index is -0.218. The minimum Gasteiger partial charge on any atom is -0.207 e. The second kappa shape index (κ2) is 6.17. The monoisotopic (exact) mass is 274 g/mol. The Morgan fingerprint density at radius 1 is 0.900 bits per heavy atom. The van der Waals surface area contributed by atoms with Gasteiger partial charge < -0.3 is 0 Å². The van der Waals surface area contributed by atoms with Crippen molar-refractivity contribution in [3.05, 3.63) is 70.8 Å². The molecule has 0 radical (unpaired) electrons. The van der Waals surface area contributed by atoms with Crippen LogP contribution in [0.1, 0.15) is 49.3 Å².